The molecule has 1 aliphatic heterocycles. The predicted molar refractivity (Wildman–Crippen MR) is 157 cm³/mol. The maximum absolute atomic E-state index is 16.8. The van der Waals surface area contributed by atoms with Crippen molar-refractivity contribution >= 4 is 22.6 Å². The number of carbonyl (C=O) groups excluding carboxylic acids is 1. The molecule has 5 rings (SSSR count). The lowest BCUT2D eigenvalue weighted by Crippen LogP contribution is -2.58. The summed E-state index contributed by atoms with van der Waals surface area (Å²) in [4.78, 5) is 43.1. The largest absolute Gasteiger partial charge is 0.507 e. The number of nitrogens with zero attached hydrogens (tertiary/aromatic N) is 6. The molecule has 0 spiro atoms. The van der Waals surface area contributed by atoms with E-state index in [9.17, 15) is 19.1 Å². The summed E-state index contributed by atoms with van der Waals surface area (Å²) in [5.74, 6) is -2.49. The number of rotatable bonds is 5. The molecule has 1 saturated heterocycles. The van der Waals surface area contributed by atoms with Crippen LogP contribution in [0.15, 0.2) is 54.1 Å². The first kappa shape index (κ1) is 28.8. The zero-order valence-corrected chi connectivity index (χ0v) is 24.1. The zero-order chi connectivity index (χ0) is 30.5. The van der Waals surface area contributed by atoms with Gasteiger partial charge in [0.05, 0.1) is 22.3 Å². The third kappa shape index (κ3) is 4.68. The summed E-state index contributed by atoms with van der Waals surface area (Å²) >= 11 is 0. The number of pyridine rings is 2. The first-order chi connectivity index (χ1) is 20.0. The first-order valence-corrected chi connectivity index (χ1v) is 13.7. The maximum Gasteiger partial charge on any atom is 0.354 e. The fraction of sp³-hybridized carbons (Fsp3) is 0.323. The van der Waals surface area contributed by atoms with Gasteiger partial charge in [0.1, 0.15) is 28.6 Å². The minimum Gasteiger partial charge on any atom is -0.507 e. The third-order valence-corrected chi connectivity index (χ3v) is 7.72. The number of aryl methyl sites for hydroxylation is 1. The molecule has 1 fully saturated rings. The van der Waals surface area contributed by atoms with Crippen LogP contribution in [0.3, 0.4) is 0 Å². The van der Waals surface area contributed by atoms with Crippen molar-refractivity contribution in [2.75, 3.05) is 18.0 Å². The van der Waals surface area contributed by atoms with Gasteiger partial charge in [-0.2, -0.15) is 4.98 Å². The van der Waals surface area contributed by atoms with Gasteiger partial charge in [-0.15, -0.1) is 0 Å². The van der Waals surface area contributed by atoms with Crippen molar-refractivity contribution in [2.45, 2.75) is 52.6 Å². The lowest BCUT2D eigenvalue weighted by atomic mass is 10.0. The van der Waals surface area contributed by atoms with E-state index in [0.29, 0.717) is 30.0 Å². The van der Waals surface area contributed by atoms with Crippen LogP contribution >= 0.6 is 0 Å². The molecular weight excluding hydrogens is 542 g/mol. The normalized spacial score (nSPS) is 17.2. The van der Waals surface area contributed by atoms with Crippen LogP contribution in [-0.2, 0) is 4.79 Å². The number of hydrogen-bond acceptors (Lipinski definition) is 7. The molecule has 9 nitrogen and oxygen atoms in total. The van der Waals surface area contributed by atoms with Crippen LogP contribution in [0.1, 0.15) is 44.9 Å². The molecule has 2 atom stereocenters. The lowest BCUT2D eigenvalue weighted by molar-refractivity contribution is -0.128. The summed E-state index contributed by atoms with van der Waals surface area (Å²) in [7, 11) is 0. The fourth-order valence-electron chi connectivity index (χ4n) is 5.63. The lowest BCUT2D eigenvalue weighted by Gasteiger charge is -2.44. The SMILES string of the molecule is C=CC(=O)N1C[C@H](C)N(c2nc(=O)n(-c3c(C)ccnc3C(C)C)c3c(F)c(-c4c(O)cccc4F)ncc23)C[C@H]1C. The van der Waals surface area contributed by atoms with E-state index in [1.165, 1.54) is 29.0 Å². The highest BCUT2D eigenvalue weighted by atomic mass is 19.1. The van der Waals surface area contributed by atoms with E-state index >= 15 is 4.39 Å². The molecule has 218 valence electrons. The molecule has 3 aromatic heterocycles. The van der Waals surface area contributed by atoms with E-state index in [1.54, 1.807) is 24.1 Å². The van der Waals surface area contributed by atoms with Crippen molar-refractivity contribution in [1.82, 2.24) is 24.4 Å². The Bertz CT molecular complexity index is 1770. The Hall–Kier alpha value is -4.67. The molecule has 0 bridgehead atoms. The number of carbonyl (C=O) groups is 1. The Morgan fingerprint density at radius 3 is 2.55 bits per heavy atom. The standard InChI is InChI=1S/C31H32F2N6O3/c1-7-23(41)37-14-19(6)38(15-18(37)5)30-20-13-35-27(24-21(32)9-8-10-22(24)40)25(33)29(20)39(31(42)36-30)28-17(4)11-12-34-26(28)16(2)3/h7-13,16,18-19,40H,1,14-15H2,2-6H3/t18-,19+/m1/s1. The van der Waals surface area contributed by atoms with Crippen LogP contribution in [-0.4, -0.2) is 60.6 Å². The van der Waals surface area contributed by atoms with Crippen molar-refractivity contribution in [3.05, 3.63) is 82.7 Å². The number of hydrogen-bond donors (Lipinski definition) is 1. The molecule has 4 aromatic rings. The van der Waals surface area contributed by atoms with Gasteiger partial charge in [0, 0.05) is 37.6 Å². The van der Waals surface area contributed by atoms with Gasteiger partial charge in [0.2, 0.25) is 5.91 Å². The summed E-state index contributed by atoms with van der Waals surface area (Å²) in [5, 5.41) is 10.7. The number of aromatic nitrogens is 4. The minimum absolute atomic E-state index is 0.127. The number of phenols is 1. The zero-order valence-electron chi connectivity index (χ0n) is 24.1. The summed E-state index contributed by atoms with van der Waals surface area (Å²) in [6.45, 7) is 13.6. The van der Waals surface area contributed by atoms with Crippen molar-refractivity contribution in [1.29, 1.82) is 0 Å². The van der Waals surface area contributed by atoms with E-state index in [4.69, 9.17) is 0 Å². The second kappa shape index (κ2) is 11.0. The Morgan fingerprint density at radius 2 is 1.88 bits per heavy atom. The van der Waals surface area contributed by atoms with Crippen LogP contribution in [0.4, 0.5) is 14.6 Å². The summed E-state index contributed by atoms with van der Waals surface area (Å²) in [6, 6.07) is 4.81. The molecule has 11 heteroatoms. The number of aromatic hydroxyl groups is 1. The smallest absolute Gasteiger partial charge is 0.354 e. The number of phenolic OH excluding ortho intramolecular Hbond substituents is 1. The topological polar surface area (TPSA) is 104 Å². The Balaban J connectivity index is 1.85. The highest BCUT2D eigenvalue weighted by molar-refractivity contribution is 5.94. The minimum atomic E-state index is -0.993. The number of fused-ring (bicyclic) bond motifs is 1. The quantitative estimate of drug-likeness (QED) is 0.339. The molecule has 0 radical (unpaired) electrons. The molecular formula is C31H32F2N6O3. The van der Waals surface area contributed by atoms with Gasteiger partial charge >= 0.3 is 5.69 Å². The average Bonchev–Trinajstić information content (AvgIpc) is 2.94. The van der Waals surface area contributed by atoms with Crippen molar-refractivity contribution in [3.63, 3.8) is 0 Å². The molecule has 0 aliphatic carbocycles. The second-order valence-electron chi connectivity index (χ2n) is 10.9. The van der Waals surface area contributed by atoms with Gasteiger partial charge in [-0.05, 0) is 56.5 Å². The highest BCUT2D eigenvalue weighted by Crippen LogP contribution is 2.38. The summed E-state index contributed by atoms with van der Waals surface area (Å²) in [5.41, 5.74) is -0.194. The van der Waals surface area contributed by atoms with Gasteiger partial charge < -0.3 is 14.9 Å². The van der Waals surface area contributed by atoms with Gasteiger partial charge in [-0.25, -0.2) is 13.6 Å². The fourth-order valence-corrected chi connectivity index (χ4v) is 5.63. The molecule has 1 N–H and O–H groups in total. The van der Waals surface area contributed by atoms with Crippen molar-refractivity contribution in [2.24, 2.45) is 0 Å². The summed E-state index contributed by atoms with van der Waals surface area (Å²) in [6.07, 6.45) is 4.23. The maximum atomic E-state index is 16.8. The third-order valence-electron chi connectivity index (χ3n) is 7.72. The molecule has 4 heterocycles. The highest BCUT2D eigenvalue weighted by Gasteiger charge is 2.34. The van der Waals surface area contributed by atoms with E-state index in [2.05, 4.69) is 21.5 Å². The Morgan fingerprint density at radius 1 is 1.14 bits per heavy atom. The first-order valence-electron chi connectivity index (χ1n) is 13.7. The van der Waals surface area contributed by atoms with E-state index < -0.39 is 34.3 Å². The van der Waals surface area contributed by atoms with Crippen molar-refractivity contribution in [3.8, 4) is 22.7 Å². The van der Waals surface area contributed by atoms with Gasteiger partial charge in [-0.1, -0.05) is 26.5 Å². The van der Waals surface area contributed by atoms with E-state index in [-0.39, 0.29) is 40.6 Å². The van der Waals surface area contributed by atoms with Crippen LogP contribution in [0, 0.1) is 18.6 Å². The number of halogens is 2. The van der Waals surface area contributed by atoms with Crippen LogP contribution in [0.2, 0.25) is 0 Å². The number of piperazine rings is 1. The van der Waals surface area contributed by atoms with Gasteiger partial charge in [-0.3, -0.25) is 19.3 Å². The predicted octanol–water partition coefficient (Wildman–Crippen LogP) is 4.87. The molecule has 0 saturated carbocycles. The Labute approximate surface area is 241 Å². The van der Waals surface area contributed by atoms with Crippen LogP contribution in [0.5, 0.6) is 5.75 Å². The summed E-state index contributed by atoms with van der Waals surface area (Å²) < 4.78 is 32.9. The molecule has 0 unspecified atom stereocenters. The Kier molecular flexibility index (Phi) is 7.53. The molecule has 1 aliphatic rings. The van der Waals surface area contributed by atoms with E-state index in [1.807, 2.05) is 32.6 Å². The van der Waals surface area contributed by atoms with Crippen LogP contribution in [0.25, 0.3) is 27.8 Å². The number of benzene rings is 1. The number of anilines is 1. The molecule has 1 amide bonds. The van der Waals surface area contributed by atoms with Gasteiger partial charge in [0.15, 0.2) is 5.82 Å². The second-order valence-corrected chi connectivity index (χ2v) is 10.9. The van der Waals surface area contributed by atoms with Crippen LogP contribution < -0.4 is 10.6 Å². The van der Waals surface area contributed by atoms with E-state index in [0.717, 1.165) is 6.07 Å². The van der Waals surface area contributed by atoms with Crippen molar-refractivity contribution < 1.29 is 18.7 Å². The molecule has 42 heavy (non-hydrogen) atoms. The average molecular weight is 575 g/mol. The van der Waals surface area contributed by atoms with Gasteiger partial charge in [0.25, 0.3) is 0 Å². The number of amides is 1. The monoisotopic (exact) mass is 574 g/mol. The molecule has 1 aromatic carbocycles.